The van der Waals surface area contributed by atoms with E-state index in [1.165, 1.54) is 17.7 Å². The smallest absolute Gasteiger partial charge is 0.254 e. The van der Waals surface area contributed by atoms with Gasteiger partial charge in [-0.3, -0.25) is 9.69 Å². The van der Waals surface area contributed by atoms with Crippen molar-refractivity contribution in [2.24, 2.45) is 0 Å². The van der Waals surface area contributed by atoms with Crippen molar-refractivity contribution < 1.29 is 9.18 Å². The van der Waals surface area contributed by atoms with Crippen LogP contribution in [0.2, 0.25) is 0 Å². The SMILES string of the molecule is O=C(NC1CCN(Cc2ccccc2)C1)c1ccc(Br)cc1F. The van der Waals surface area contributed by atoms with Crippen LogP contribution in [-0.4, -0.2) is 29.9 Å². The molecule has 0 radical (unpaired) electrons. The van der Waals surface area contributed by atoms with Crippen LogP contribution >= 0.6 is 15.9 Å². The van der Waals surface area contributed by atoms with E-state index in [0.717, 1.165) is 26.1 Å². The Balaban J connectivity index is 1.56. The molecule has 0 spiro atoms. The summed E-state index contributed by atoms with van der Waals surface area (Å²) in [7, 11) is 0. The van der Waals surface area contributed by atoms with E-state index >= 15 is 0 Å². The van der Waals surface area contributed by atoms with Crippen LogP contribution in [0.25, 0.3) is 0 Å². The molecule has 1 aliphatic rings. The van der Waals surface area contributed by atoms with Crippen LogP contribution in [0.5, 0.6) is 0 Å². The summed E-state index contributed by atoms with van der Waals surface area (Å²) in [5, 5.41) is 2.94. The lowest BCUT2D eigenvalue weighted by atomic mass is 10.1. The quantitative estimate of drug-likeness (QED) is 0.883. The Morgan fingerprint density at radius 3 is 2.78 bits per heavy atom. The average molecular weight is 377 g/mol. The summed E-state index contributed by atoms with van der Waals surface area (Å²) in [6.45, 7) is 2.60. The van der Waals surface area contributed by atoms with Crippen LogP contribution in [0, 0.1) is 5.82 Å². The third-order valence-electron chi connectivity index (χ3n) is 4.03. The van der Waals surface area contributed by atoms with E-state index in [9.17, 15) is 9.18 Å². The molecule has 3 rings (SSSR count). The van der Waals surface area contributed by atoms with Gasteiger partial charge in [-0.2, -0.15) is 0 Å². The maximum Gasteiger partial charge on any atom is 0.254 e. The predicted octanol–water partition coefficient (Wildman–Crippen LogP) is 3.59. The van der Waals surface area contributed by atoms with Crippen molar-refractivity contribution in [1.82, 2.24) is 10.2 Å². The molecule has 2 aromatic rings. The number of carbonyl (C=O) groups is 1. The van der Waals surface area contributed by atoms with E-state index in [1.807, 2.05) is 18.2 Å². The molecule has 5 heteroatoms. The number of likely N-dealkylation sites (tertiary alicyclic amines) is 1. The molecule has 1 fully saturated rings. The van der Waals surface area contributed by atoms with Gasteiger partial charge in [0, 0.05) is 30.1 Å². The van der Waals surface area contributed by atoms with Crippen LogP contribution in [0.15, 0.2) is 53.0 Å². The zero-order valence-corrected chi connectivity index (χ0v) is 14.2. The van der Waals surface area contributed by atoms with Crippen molar-refractivity contribution in [3.05, 3.63) is 69.9 Å². The van der Waals surface area contributed by atoms with Gasteiger partial charge in [0.25, 0.3) is 5.91 Å². The van der Waals surface area contributed by atoms with E-state index < -0.39 is 5.82 Å². The molecule has 0 bridgehead atoms. The first-order chi connectivity index (χ1) is 11.1. The Bertz CT molecular complexity index is 693. The third-order valence-corrected chi connectivity index (χ3v) is 4.53. The van der Waals surface area contributed by atoms with Gasteiger partial charge in [0.15, 0.2) is 0 Å². The topological polar surface area (TPSA) is 32.3 Å². The fourth-order valence-corrected chi connectivity index (χ4v) is 3.21. The molecule has 1 heterocycles. The number of amides is 1. The number of hydrogen-bond acceptors (Lipinski definition) is 2. The minimum absolute atomic E-state index is 0.0641. The lowest BCUT2D eigenvalue weighted by Gasteiger charge is -2.17. The van der Waals surface area contributed by atoms with Crippen molar-refractivity contribution >= 4 is 21.8 Å². The highest BCUT2D eigenvalue weighted by molar-refractivity contribution is 9.10. The summed E-state index contributed by atoms with van der Waals surface area (Å²) in [5.41, 5.74) is 1.35. The van der Waals surface area contributed by atoms with E-state index in [0.29, 0.717) is 4.47 Å². The van der Waals surface area contributed by atoms with Crippen molar-refractivity contribution in [1.29, 1.82) is 0 Å². The number of carbonyl (C=O) groups excluding carboxylic acids is 1. The van der Waals surface area contributed by atoms with Crippen LogP contribution in [0.1, 0.15) is 22.3 Å². The standard InChI is InChI=1S/C18H18BrFN2O/c19-14-6-7-16(17(20)10-14)18(23)21-15-8-9-22(12-15)11-13-4-2-1-3-5-13/h1-7,10,15H,8-9,11-12H2,(H,21,23). The lowest BCUT2D eigenvalue weighted by molar-refractivity contribution is 0.0933. The molecule has 120 valence electrons. The molecule has 1 saturated heterocycles. The monoisotopic (exact) mass is 376 g/mol. The molecule has 2 aromatic carbocycles. The first kappa shape index (κ1) is 16.1. The third kappa shape index (κ3) is 4.18. The Labute approximate surface area is 143 Å². The van der Waals surface area contributed by atoms with Crippen LogP contribution in [0.4, 0.5) is 4.39 Å². The van der Waals surface area contributed by atoms with Gasteiger partial charge in [-0.25, -0.2) is 4.39 Å². The van der Waals surface area contributed by atoms with Gasteiger partial charge >= 0.3 is 0 Å². The summed E-state index contributed by atoms with van der Waals surface area (Å²) in [6.07, 6.45) is 0.886. The predicted molar refractivity (Wildman–Crippen MR) is 91.7 cm³/mol. The van der Waals surface area contributed by atoms with Gasteiger partial charge < -0.3 is 5.32 Å². The second-order valence-electron chi connectivity index (χ2n) is 5.80. The van der Waals surface area contributed by atoms with E-state index in [2.05, 4.69) is 38.3 Å². The second kappa shape index (κ2) is 7.23. The minimum Gasteiger partial charge on any atom is -0.348 e. The zero-order chi connectivity index (χ0) is 16.2. The number of rotatable bonds is 4. The molecule has 0 saturated carbocycles. The normalized spacial score (nSPS) is 18.1. The van der Waals surface area contributed by atoms with Crippen LogP contribution < -0.4 is 5.32 Å². The Kier molecular flexibility index (Phi) is 5.08. The fraction of sp³-hybridized carbons (Fsp3) is 0.278. The van der Waals surface area contributed by atoms with E-state index in [1.54, 1.807) is 6.07 Å². The van der Waals surface area contributed by atoms with Gasteiger partial charge in [-0.15, -0.1) is 0 Å². The first-order valence-corrected chi connectivity index (χ1v) is 8.43. The zero-order valence-electron chi connectivity index (χ0n) is 12.6. The summed E-state index contributed by atoms with van der Waals surface area (Å²) in [5.74, 6) is -0.849. The van der Waals surface area contributed by atoms with Crippen molar-refractivity contribution in [2.45, 2.75) is 19.0 Å². The molecule has 1 atom stereocenters. The molecule has 1 aliphatic heterocycles. The molecule has 0 aliphatic carbocycles. The summed E-state index contributed by atoms with van der Waals surface area (Å²) >= 11 is 3.19. The van der Waals surface area contributed by atoms with Crippen LogP contribution in [0.3, 0.4) is 0 Å². The van der Waals surface area contributed by atoms with Gasteiger partial charge in [0.05, 0.1) is 5.56 Å². The maximum absolute atomic E-state index is 13.8. The Morgan fingerprint density at radius 1 is 1.26 bits per heavy atom. The highest BCUT2D eigenvalue weighted by Crippen LogP contribution is 2.17. The van der Waals surface area contributed by atoms with Crippen molar-refractivity contribution in [3.8, 4) is 0 Å². The Hall–Kier alpha value is -1.72. The van der Waals surface area contributed by atoms with E-state index in [-0.39, 0.29) is 17.5 Å². The molecule has 0 aromatic heterocycles. The fourth-order valence-electron chi connectivity index (χ4n) is 2.87. The molecule has 3 nitrogen and oxygen atoms in total. The Morgan fingerprint density at radius 2 is 2.04 bits per heavy atom. The molecule has 1 N–H and O–H groups in total. The van der Waals surface area contributed by atoms with Crippen LogP contribution in [-0.2, 0) is 6.54 Å². The molecule has 23 heavy (non-hydrogen) atoms. The molecule has 1 unspecified atom stereocenters. The largest absolute Gasteiger partial charge is 0.348 e. The lowest BCUT2D eigenvalue weighted by Crippen LogP contribution is -2.37. The van der Waals surface area contributed by atoms with Gasteiger partial charge in [0.1, 0.15) is 5.82 Å². The summed E-state index contributed by atoms with van der Waals surface area (Å²) in [6, 6.07) is 14.8. The number of benzene rings is 2. The molecular formula is C18H18BrFN2O. The summed E-state index contributed by atoms with van der Waals surface area (Å²) < 4.78 is 14.5. The van der Waals surface area contributed by atoms with E-state index in [4.69, 9.17) is 0 Å². The highest BCUT2D eigenvalue weighted by Gasteiger charge is 2.25. The van der Waals surface area contributed by atoms with Crippen molar-refractivity contribution in [2.75, 3.05) is 13.1 Å². The van der Waals surface area contributed by atoms with Gasteiger partial charge in [-0.1, -0.05) is 46.3 Å². The highest BCUT2D eigenvalue weighted by atomic mass is 79.9. The number of nitrogens with zero attached hydrogens (tertiary/aromatic N) is 1. The molecule has 1 amide bonds. The van der Waals surface area contributed by atoms with Gasteiger partial charge in [-0.05, 0) is 30.2 Å². The van der Waals surface area contributed by atoms with Gasteiger partial charge in [0.2, 0.25) is 0 Å². The second-order valence-corrected chi connectivity index (χ2v) is 6.72. The average Bonchev–Trinajstić information content (AvgIpc) is 2.95. The molecular weight excluding hydrogens is 359 g/mol. The summed E-state index contributed by atoms with van der Waals surface area (Å²) in [4.78, 5) is 14.5. The number of hydrogen-bond donors (Lipinski definition) is 1. The minimum atomic E-state index is -0.504. The first-order valence-electron chi connectivity index (χ1n) is 7.64. The number of nitrogens with one attached hydrogen (secondary N) is 1. The van der Waals surface area contributed by atoms with Crippen molar-refractivity contribution in [3.63, 3.8) is 0 Å². The number of halogens is 2. The maximum atomic E-state index is 13.8.